The van der Waals surface area contributed by atoms with Gasteiger partial charge in [-0.2, -0.15) is 0 Å². The van der Waals surface area contributed by atoms with E-state index >= 15 is 0 Å². The number of benzene rings is 1. The number of aryl methyl sites for hydroxylation is 1. The Morgan fingerprint density at radius 1 is 1.45 bits per heavy atom. The van der Waals surface area contributed by atoms with Gasteiger partial charge in [-0.25, -0.2) is 0 Å². The average molecular weight is 303 g/mol. The van der Waals surface area contributed by atoms with Crippen LogP contribution in [-0.4, -0.2) is 46.1 Å². The largest absolute Gasteiger partial charge is 0.507 e. The molecule has 1 aliphatic carbocycles. The van der Waals surface area contributed by atoms with E-state index in [2.05, 4.69) is 4.90 Å². The highest BCUT2D eigenvalue weighted by atomic mass is 16.3. The molecule has 22 heavy (non-hydrogen) atoms. The van der Waals surface area contributed by atoms with Crippen LogP contribution in [0.2, 0.25) is 0 Å². The van der Waals surface area contributed by atoms with Gasteiger partial charge in [-0.05, 0) is 38.4 Å². The van der Waals surface area contributed by atoms with E-state index in [1.165, 1.54) is 0 Å². The van der Waals surface area contributed by atoms with Gasteiger partial charge in [0.2, 0.25) is 0 Å². The summed E-state index contributed by atoms with van der Waals surface area (Å²) in [5, 5.41) is 22.0. The molecule has 2 aliphatic rings. The number of aromatic hydroxyl groups is 1. The molecule has 4 heteroatoms. The molecule has 1 aromatic carbocycles. The van der Waals surface area contributed by atoms with Crippen molar-refractivity contribution >= 4 is 5.78 Å². The molecule has 2 N–H and O–H groups in total. The number of rotatable bonds is 3. The second-order valence-corrected chi connectivity index (χ2v) is 7.20. The Morgan fingerprint density at radius 2 is 2.14 bits per heavy atom. The number of fused-ring (bicyclic) bond motifs is 4. The van der Waals surface area contributed by atoms with E-state index in [4.69, 9.17) is 0 Å². The number of phenolic OH excluding ortho intramolecular Hbond substituents is 1. The van der Waals surface area contributed by atoms with Gasteiger partial charge in [0.15, 0.2) is 0 Å². The minimum absolute atomic E-state index is 0.0215. The average Bonchev–Trinajstić information content (AvgIpc) is 2.58. The number of ketones is 1. The monoisotopic (exact) mass is 303 g/mol. The second kappa shape index (κ2) is 4.80. The lowest BCUT2D eigenvalue weighted by Gasteiger charge is -2.47. The molecule has 1 heterocycles. The van der Waals surface area contributed by atoms with E-state index in [0.29, 0.717) is 19.4 Å². The number of nitrogens with zero attached hydrogens (tertiary/aromatic N) is 1. The first kappa shape index (κ1) is 15.5. The Bertz CT molecular complexity index is 637. The Labute approximate surface area is 131 Å². The maximum Gasteiger partial charge on any atom is 0.133 e. The molecule has 0 saturated carbocycles. The van der Waals surface area contributed by atoms with Crippen molar-refractivity contribution in [2.24, 2.45) is 0 Å². The molecule has 3 atom stereocenters. The number of carbonyl (C=O) groups is 1. The predicted octanol–water partition coefficient (Wildman–Crippen LogP) is 1.93. The minimum atomic E-state index is -1.02. The number of hydrogen-bond donors (Lipinski definition) is 2. The Morgan fingerprint density at radius 3 is 2.77 bits per heavy atom. The highest BCUT2D eigenvalue weighted by Crippen LogP contribution is 2.56. The van der Waals surface area contributed by atoms with Crippen molar-refractivity contribution in [2.45, 2.75) is 57.1 Å². The van der Waals surface area contributed by atoms with Gasteiger partial charge in [0.1, 0.15) is 11.5 Å². The van der Waals surface area contributed by atoms with Crippen LogP contribution in [-0.2, 0) is 16.6 Å². The normalized spacial score (nSPS) is 33.8. The molecule has 1 aromatic rings. The third-order valence-corrected chi connectivity index (χ3v) is 5.92. The van der Waals surface area contributed by atoms with Crippen molar-refractivity contribution in [1.82, 2.24) is 4.90 Å². The Balaban J connectivity index is 2.27. The maximum atomic E-state index is 12.3. The van der Waals surface area contributed by atoms with E-state index in [1.54, 1.807) is 0 Å². The number of hydrogen-bond acceptors (Lipinski definition) is 4. The Kier molecular flexibility index (Phi) is 3.38. The van der Waals surface area contributed by atoms with Crippen molar-refractivity contribution in [3.63, 3.8) is 0 Å². The van der Waals surface area contributed by atoms with E-state index in [9.17, 15) is 15.0 Å². The fourth-order valence-electron chi connectivity index (χ4n) is 4.57. The molecule has 1 fully saturated rings. The van der Waals surface area contributed by atoms with Crippen molar-refractivity contribution in [2.75, 3.05) is 13.6 Å². The zero-order valence-electron chi connectivity index (χ0n) is 13.8. The summed E-state index contributed by atoms with van der Waals surface area (Å²) in [7, 11) is 1.99. The number of likely N-dealkylation sites (N-methyl/N-ethyl adjacent to an activating group) is 1. The van der Waals surface area contributed by atoms with Crippen LogP contribution >= 0.6 is 0 Å². The van der Waals surface area contributed by atoms with Crippen molar-refractivity contribution < 1.29 is 15.0 Å². The summed E-state index contributed by atoms with van der Waals surface area (Å²) in [6.07, 6.45) is 1.43. The number of phenols is 1. The van der Waals surface area contributed by atoms with Crippen LogP contribution in [0.15, 0.2) is 12.1 Å². The molecule has 0 aromatic heterocycles. The Hall–Kier alpha value is -1.39. The van der Waals surface area contributed by atoms with Crippen LogP contribution in [0.5, 0.6) is 5.75 Å². The number of likely N-dealkylation sites (tertiary alicyclic amines) is 1. The topological polar surface area (TPSA) is 60.8 Å². The quantitative estimate of drug-likeness (QED) is 0.896. The van der Waals surface area contributed by atoms with Gasteiger partial charge in [0.25, 0.3) is 0 Å². The number of carbonyl (C=O) groups excluding carboxylic acids is 1. The smallest absolute Gasteiger partial charge is 0.133 e. The lowest BCUT2D eigenvalue weighted by atomic mass is 9.59. The highest BCUT2D eigenvalue weighted by molar-refractivity contribution is 5.81. The molecule has 3 rings (SSSR count). The van der Waals surface area contributed by atoms with Gasteiger partial charge < -0.3 is 10.2 Å². The summed E-state index contributed by atoms with van der Waals surface area (Å²) < 4.78 is 0. The third kappa shape index (κ3) is 1.80. The highest BCUT2D eigenvalue weighted by Gasteiger charge is 2.64. The fourth-order valence-corrected chi connectivity index (χ4v) is 4.57. The summed E-state index contributed by atoms with van der Waals surface area (Å²) >= 11 is 0. The molecule has 0 radical (unpaired) electrons. The third-order valence-electron chi connectivity index (χ3n) is 5.92. The van der Waals surface area contributed by atoms with Crippen LogP contribution < -0.4 is 0 Å². The molecule has 3 unspecified atom stereocenters. The van der Waals surface area contributed by atoms with Crippen LogP contribution in [0.3, 0.4) is 0 Å². The number of aliphatic hydroxyl groups is 1. The zero-order chi connectivity index (χ0) is 16.3. The summed E-state index contributed by atoms with van der Waals surface area (Å²) in [6.45, 7) is 6.14. The maximum absolute atomic E-state index is 12.3. The second-order valence-electron chi connectivity index (χ2n) is 7.20. The summed E-state index contributed by atoms with van der Waals surface area (Å²) in [5.74, 6) is 0.374. The van der Waals surface area contributed by atoms with Gasteiger partial charge in [0, 0.05) is 36.4 Å². The molecule has 1 saturated heterocycles. The standard InChI is InChI=1S/C18H25NO3/c1-5-13(20)9-18-10-19(4)14(17(18,3)22)8-12-7-6-11(2)16(21)15(12)18/h6-7,14,21-22H,5,8-10H2,1-4H3. The molecule has 0 spiro atoms. The molecule has 2 bridgehead atoms. The molecule has 1 aliphatic heterocycles. The van der Waals surface area contributed by atoms with Crippen LogP contribution in [0, 0.1) is 6.92 Å². The molecular weight excluding hydrogens is 278 g/mol. The SMILES string of the molecule is CCC(=O)CC12CN(C)C(Cc3ccc(C)c(O)c31)C2(C)O. The van der Waals surface area contributed by atoms with Crippen LogP contribution in [0.25, 0.3) is 0 Å². The lowest BCUT2D eigenvalue weighted by molar-refractivity contribution is -0.123. The van der Waals surface area contributed by atoms with E-state index in [1.807, 2.05) is 40.0 Å². The van der Waals surface area contributed by atoms with Gasteiger partial charge in [-0.3, -0.25) is 9.69 Å². The first-order chi connectivity index (χ1) is 10.2. The summed E-state index contributed by atoms with van der Waals surface area (Å²) in [6, 6.07) is 3.94. The predicted molar refractivity (Wildman–Crippen MR) is 85.2 cm³/mol. The minimum Gasteiger partial charge on any atom is -0.507 e. The first-order valence-electron chi connectivity index (χ1n) is 8.01. The van der Waals surface area contributed by atoms with Gasteiger partial charge in [-0.15, -0.1) is 0 Å². The summed E-state index contributed by atoms with van der Waals surface area (Å²) in [4.78, 5) is 14.4. The zero-order valence-corrected chi connectivity index (χ0v) is 13.8. The van der Waals surface area contributed by atoms with Crippen LogP contribution in [0.1, 0.15) is 43.4 Å². The molecular formula is C18H25NO3. The fraction of sp³-hybridized carbons (Fsp3) is 0.611. The van der Waals surface area contributed by atoms with E-state index < -0.39 is 11.0 Å². The molecule has 0 amide bonds. The van der Waals surface area contributed by atoms with Crippen molar-refractivity contribution in [3.05, 3.63) is 28.8 Å². The van der Waals surface area contributed by atoms with E-state index in [-0.39, 0.29) is 24.0 Å². The van der Waals surface area contributed by atoms with Crippen molar-refractivity contribution in [1.29, 1.82) is 0 Å². The first-order valence-corrected chi connectivity index (χ1v) is 8.01. The molecule has 4 nitrogen and oxygen atoms in total. The number of Topliss-reactive ketones (excluding diaryl/α,β-unsaturated/α-hetero) is 1. The molecule has 120 valence electrons. The summed E-state index contributed by atoms with van der Waals surface area (Å²) in [5.41, 5.74) is 0.910. The van der Waals surface area contributed by atoms with E-state index in [0.717, 1.165) is 16.7 Å². The van der Waals surface area contributed by atoms with Crippen molar-refractivity contribution in [3.8, 4) is 5.75 Å². The van der Waals surface area contributed by atoms with Gasteiger partial charge in [0.05, 0.1) is 5.60 Å². The van der Waals surface area contributed by atoms with Gasteiger partial charge >= 0.3 is 0 Å². The lowest BCUT2D eigenvalue weighted by Crippen LogP contribution is -2.57. The van der Waals surface area contributed by atoms with Crippen LogP contribution in [0.4, 0.5) is 0 Å². The van der Waals surface area contributed by atoms with Gasteiger partial charge in [-0.1, -0.05) is 19.1 Å².